The van der Waals surface area contributed by atoms with E-state index in [-0.39, 0.29) is 36.1 Å². The topological polar surface area (TPSA) is 97.0 Å². The number of hydrogen-bond donors (Lipinski definition) is 2. The molecule has 1 heterocycles. The molecule has 2 amide bonds. The summed E-state index contributed by atoms with van der Waals surface area (Å²) in [6.45, 7) is 8.69. The number of hydrogen-bond acceptors (Lipinski definition) is 6. The Kier molecular flexibility index (Phi) is 9.24. The highest BCUT2D eigenvalue weighted by Crippen LogP contribution is 2.27. The number of amides is 2. The van der Waals surface area contributed by atoms with Gasteiger partial charge in [0.15, 0.2) is 5.11 Å². The van der Waals surface area contributed by atoms with Gasteiger partial charge >= 0.3 is 5.97 Å². The second-order valence-corrected chi connectivity index (χ2v) is 9.09. The van der Waals surface area contributed by atoms with Crippen molar-refractivity contribution in [2.45, 2.75) is 46.3 Å². The first-order chi connectivity index (χ1) is 14.6. The van der Waals surface area contributed by atoms with E-state index < -0.39 is 17.9 Å². The molecule has 1 saturated heterocycles. The predicted molar refractivity (Wildman–Crippen MR) is 124 cm³/mol. The van der Waals surface area contributed by atoms with E-state index in [9.17, 15) is 14.4 Å². The highest BCUT2D eigenvalue weighted by molar-refractivity contribution is 9.10. The molecule has 1 aromatic carbocycles. The van der Waals surface area contributed by atoms with Crippen LogP contribution >= 0.6 is 28.1 Å². The van der Waals surface area contributed by atoms with Crippen molar-refractivity contribution in [1.29, 1.82) is 0 Å². The number of carbonyl (C=O) groups excluding carboxylic acids is 3. The minimum Gasteiger partial charge on any atom is -0.490 e. The van der Waals surface area contributed by atoms with E-state index in [4.69, 9.17) is 21.7 Å². The molecule has 1 aromatic rings. The molecule has 0 aliphatic carbocycles. The van der Waals surface area contributed by atoms with E-state index in [2.05, 4.69) is 26.6 Å². The summed E-state index contributed by atoms with van der Waals surface area (Å²) in [5, 5.41) is 5.46. The summed E-state index contributed by atoms with van der Waals surface area (Å²) in [6, 6.07) is 4.13. The maximum absolute atomic E-state index is 12.7. The van der Waals surface area contributed by atoms with Crippen molar-refractivity contribution < 1.29 is 23.9 Å². The Hall–Kier alpha value is -2.20. The number of esters is 1. The van der Waals surface area contributed by atoms with Crippen LogP contribution in [-0.2, 0) is 14.3 Å². The molecule has 2 N–H and O–H groups in total. The second-order valence-electron chi connectivity index (χ2n) is 7.85. The third-order valence-electron chi connectivity index (χ3n) is 4.31. The number of benzene rings is 1. The molecule has 10 heteroatoms. The first kappa shape index (κ1) is 25.1. The largest absolute Gasteiger partial charge is 0.490 e. The Morgan fingerprint density at radius 3 is 2.65 bits per heavy atom. The molecule has 0 radical (unpaired) electrons. The summed E-state index contributed by atoms with van der Waals surface area (Å²) in [5.74, 6) is -0.421. The van der Waals surface area contributed by atoms with Crippen molar-refractivity contribution in [1.82, 2.24) is 15.5 Å². The SMILES string of the molecule is CC(C)COC(=O)CC1C(=O)NCCN1C(=S)NC(=O)c1ccc(OC(C)C)c(Br)c1. The van der Waals surface area contributed by atoms with Gasteiger partial charge < -0.3 is 19.7 Å². The molecular weight excluding hydrogens is 486 g/mol. The van der Waals surface area contributed by atoms with Crippen LogP contribution in [0.15, 0.2) is 22.7 Å². The highest BCUT2D eigenvalue weighted by Gasteiger charge is 2.34. The summed E-state index contributed by atoms with van der Waals surface area (Å²) < 4.78 is 11.5. The number of ether oxygens (including phenoxy) is 2. The lowest BCUT2D eigenvalue weighted by Gasteiger charge is -2.36. The number of halogens is 1. The monoisotopic (exact) mass is 513 g/mol. The van der Waals surface area contributed by atoms with Crippen LogP contribution in [0, 0.1) is 5.92 Å². The summed E-state index contributed by atoms with van der Waals surface area (Å²) >= 11 is 8.78. The summed E-state index contributed by atoms with van der Waals surface area (Å²) in [5.41, 5.74) is 0.375. The molecule has 1 aliphatic rings. The van der Waals surface area contributed by atoms with Crippen molar-refractivity contribution in [2.75, 3.05) is 19.7 Å². The van der Waals surface area contributed by atoms with Crippen LogP contribution in [0.4, 0.5) is 0 Å². The van der Waals surface area contributed by atoms with E-state index >= 15 is 0 Å². The van der Waals surface area contributed by atoms with Gasteiger partial charge in [-0.3, -0.25) is 19.7 Å². The van der Waals surface area contributed by atoms with Crippen LogP contribution in [-0.4, -0.2) is 59.6 Å². The maximum atomic E-state index is 12.7. The lowest BCUT2D eigenvalue weighted by atomic mass is 10.1. The summed E-state index contributed by atoms with van der Waals surface area (Å²) in [4.78, 5) is 38.7. The Labute approximate surface area is 196 Å². The molecule has 8 nitrogen and oxygen atoms in total. The standard InChI is InChI=1S/C21H28BrN3O5S/c1-12(2)11-29-18(26)10-16-20(28)23-7-8-25(16)21(31)24-19(27)14-5-6-17(15(22)9-14)30-13(3)4/h5-6,9,12-13,16H,7-8,10-11H2,1-4H3,(H,23,28)(H,24,27,31). The van der Waals surface area contributed by atoms with Gasteiger partial charge in [0.05, 0.1) is 23.6 Å². The molecule has 1 aliphatic heterocycles. The minimum absolute atomic E-state index is 0.00189. The first-order valence-electron chi connectivity index (χ1n) is 10.1. The maximum Gasteiger partial charge on any atom is 0.308 e. The first-order valence-corrected chi connectivity index (χ1v) is 11.3. The van der Waals surface area contributed by atoms with Gasteiger partial charge in [-0.05, 0) is 66.1 Å². The van der Waals surface area contributed by atoms with Crippen LogP contribution in [0.1, 0.15) is 44.5 Å². The normalized spacial score (nSPS) is 16.2. The van der Waals surface area contributed by atoms with Crippen LogP contribution < -0.4 is 15.4 Å². The Morgan fingerprint density at radius 2 is 2.03 bits per heavy atom. The summed E-state index contributed by atoms with van der Waals surface area (Å²) in [6.07, 6.45) is -0.153. The quantitative estimate of drug-likeness (QED) is 0.427. The van der Waals surface area contributed by atoms with Gasteiger partial charge in [-0.15, -0.1) is 0 Å². The van der Waals surface area contributed by atoms with Crippen molar-refractivity contribution in [2.24, 2.45) is 5.92 Å². The average Bonchev–Trinajstić information content (AvgIpc) is 2.69. The van der Waals surface area contributed by atoms with Crippen LogP contribution in [0.2, 0.25) is 0 Å². The molecule has 170 valence electrons. The zero-order chi connectivity index (χ0) is 23.1. The molecule has 1 fully saturated rings. The Bertz CT molecular complexity index is 846. The Balaban J connectivity index is 2.05. The van der Waals surface area contributed by atoms with Gasteiger partial charge in [-0.2, -0.15) is 0 Å². The van der Waals surface area contributed by atoms with Crippen LogP contribution in [0.3, 0.4) is 0 Å². The number of nitrogens with zero attached hydrogens (tertiary/aromatic N) is 1. The second kappa shape index (κ2) is 11.4. The fraction of sp³-hybridized carbons (Fsp3) is 0.524. The number of thiocarbonyl (C=S) groups is 1. The molecule has 0 aromatic heterocycles. The Morgan fingerprint density at radius 1 is 1.32 bits per heavy atom. The third-order valence-corrected chi connectivity index (χ3v) is 5.26. The molecular formula is C21H28BrN3O5S. The number of rotatable bonds is 7. The van der Waals surface area contributed by atoms with Gasteiger partial charge in [0.1, 0.15) is 11.8 Å². The molecule has 2 rings (SSSR count). The van der Waals surface area contributed by atoms with E-state index in [0.29, 0.717) is 28.9 Å². The molecule has 0 spiro atoms. The molecule has 0 saturated carbocycles. The fourth-order valence-corrected chi connectivity index (χ4v) is 3.65. The zero-order valence-electron chi connectivity index (χ0n) is 18.1. The smallest absolute Gasteiger partial charge is 0.308 e. The predicted octanol–water partition coefficient (Wildman–Crippen LogP) is 2.64. The van der Waals surface area contributed by atoms with Gasteiger partial charge in [-0.25, -0.2) is 0 Å². The molecule has 1 unspecified atom stereocenters. The van der Waals surface area contributed by atoms with E-state index in [0.717, 1.165) is 0 Å². The lowest BCUT2D eigenvalue weighted by molar-refractivity contribution is -0.148. The van der Waals surface area contributed by atoms with Gasteiger partial charge in [0.25, 0.3) is 5.91 Å². The lowest BCUT2D eigenvalue weighted by Crippen LogP contribution is -2.60. The molecule has 31 heavy (non-hydrogen) atoms. The molecule has 0 bridgehead atoms. The van der Waals surface area contributed by atoms with Crippen molar-refractivity contribution in [3.63, 3.8) is 0 Å². The van der Waals surface area contributed by atoms with Gasteiger partial charge in [0.2, 0.25) is 5.91 Å². The third kappa shape index (κ3) is 7.46. The summed E-state index contributed by atoms with van der Waals surface area (Å²) in [7, 11) is 0. The molecule has 1 atom stereocenters. The van der Waals surface area contributed by atoms with Crippen molar-refractivity contribution >= 4 is 51.0 Å². The number of nitrogens with one attached hydrogen (secondary N) is 2. The van der Waals surface area contributed by atoms with E-state index in [1.165, 1.54) is 0 Å². The van der Waals surface area contributed by atoms with E-state index in [1.54, 1.807) is 23.1 Å². The number of carbonyl (C=O) groups is 3. The van der Waals surface area contributed by atoms with Crippen LogP contribution in [0.5, 0.6) is 5.75 Å². The zero-order valence-corrected chi connectivity index (χ0v) is 20.5. The van der Waals surface area contributed by atoms with Gasteiger partial charge in [0, 0.05) is 18.7 Å². The number of piperazine rings is 1. The van der Waals surface area contributed by atoms with Gasteiger partial charge in [-0.1, -0.05) is 13.8 Å². The minimum atomic E-state index is -0.838. The highest BCUT2D eigenvalue weighted by atomic mass is 79.9. The van der Waals surface area contributed by atoms with Crippen LogP contribution in [0.25, 0.3) is 0 Å². The van der Waals surface area contributed by atoms with Crippen molar-refractivity contribution in [3.05, 3.63) is 28.2 Å². The van der Waals surface area contributed by atoms with Crippen molar-refractivity contribution in [3.8, 4) is 5.75 Å². The average molecular weight is 514 g/mol. The fourth-order valence-electron chi connectivity index (χ4n) is 2.87. The van der Waals surface area contributed by atoms with E-state index in [1.807, 2.05) is 27.7 Å².